The van der Waals surface area contributed by atoms with Crippen molar-refractivity contribution < 1.29 is 39.3 Å². The van der Waals surface area contributed by atoms with Crippen LogP contribution in [-0.4, -0.2) is 75.2 Å². The minimum Gasteiger partial charge on any atom is -0.508 e. The standard InChI is InChI=1S/C24H37N5O8/c1-4-12(2)19(26)23(35)27-16(9-10-18(25)32)21(33)28-17(11-14-5-7-15(31)8-6-14)22(34)29-20(13(3)30)24(36)37/h5-8,12-13,16-17,19-20,30-31H,4,9-11,26H2,1-3H3,(H2,25,32)(H,27,35)(H,28,33)(H,29,34)(H,36,37). The van der Waals surface area contributed by atoms with Gasteiger partial charge in [0.2, 0.25) is 23.6 Å². The van der Waals surface area contributed by atoms with Crippen LogP contribution >= 0.6 is 0 Å². The van der Waals surface area contributed by atoms with Gasteiger partial charge < -0.3 is 42.7 Å². The largest absolute Gasteiger partial charge is 0.508 e. The molecule has 0 saturated heterocycles. The van der Waals surface area contributed by atoms with Crippen LogP contribution < -0.4 is 27.4 Å². The molecule has 0 aliphatic heterocycles. The van der Waals surface area contributed by atoms with Gasteiger partial charge in [-0.1, -0.05) is 32.4 Å². The molecule has 0 heterocycles. The highest BCUT2D eigenvalue weighted by Crippen LogP contribution is 2.13. The Bertz CT molecular complexity index is 953. The first-order valence-electron chi connectivity index (χ1n) is 11.9. The number of rotatable bonds is 15. The minimum atomic E-state index is -1.65. The van der Waals surface area contributed by atoms with Crippen molar-refractivity contribution in [2.75, 3.05) is 0 Å². The van der Waals surface area contributed by atoms with Gasteiger partial charge in [-0.05, 0) is 37.0 Å². The van der Waals surface area contributed by atoms with Crippen LogP contribution in [0.3, 0.4) is 0 Å². The lowest BCUT2D eigenvalue weighted by Crippen LogP contribution is -2.59. The molecule has 37 heavy (non-hydrogen) atoms. The molecule has 10 N–H and O–H groups in total. The summed E-state index contributed by atoms with van der Waals surface area (Å²) in [7, 11) is 0. The first-order chi connectivity index (χ1) is 17.3. The van der Waals surface area contributed by atoms with Crippen LogP contribution in [0.2, 0.25) is 0 Å². The molecule has 0 aromatic heterocycles. The Labute approximate surface area is 215 Å². The summed E-state index contributed by atoms with van der Waals surface area (Å²) in [6, 6.07) is 0.567. The monoisotopic (exact) mass is 523 g/mol. The van der Waals surface area contributed by atoms with Crippen molar-refractivity contribution in [2.45, 2.75) is 76.7 Å². The molecule has 206 valence electrons. The number of hydrogen-bond acceptors (Lipinski definition) is 8. The van der Waals surface area contributed by atoms with E-state index in [0.29, 0.717) is 12.0 Å². The summed E-state index contributed by atoms with van der Waals surface area (Å²) >= 11 is 0. The summed E-state index contributed by atoms with van der Waals surface area (Å²) in [4.78, 5) is 61.5. The Morgan fingerprint density at radius 1 is 0.919 bits per heavy atom. The van der Waals surface area contributed by atoms with Crippen LogP contribution in [0.4, 0.5) is 0 Å². The van der Waals surface area contributed by atoms with Crippen molar-refractivity contribution in [3.05, 3.63) is 29.8 Å². The van der Waals surface area contributed by atoms with Crippen molar-refractivity contribution in [1.82, 2.24) is 16.0 Å². The van der Waals surface area contributed by atoms with Gasteiger partial charge in [-0.25, -0.2) is 4.79 Å². The molecular weight excluding hydrogens is 486 g/mol. The summed E-state index contributed by atoms with van der Waals surface area (Å²) in [6.45, 7) is 4.80. The smallest absolute Gasteiger partial charge is 0.328 e. The predicted octanol–water partition coefficient (Wildman–Crippen LogP) is -1.51. The van der Waals surface area contributed by atoms with Gasteiger partial charge in [0.25, 0.3) is 0 Å². The maximum Gasteiger partial charge on any atom is 0.328 e. The third kappa shape index (κ3) is 10.4. The molecule has 1 aromatic carbocycles. The van der Waals surface area contributed by atoms with Crippen LogP contribution in [-0.2, 0) is 30.4 Å². The molecule has 6 unspecified atom stereocenters. The third-order valence-corrected chi connectivity index (χ3v) is 5.93. The Hall–Kier alpha value is -3.71. The Morgan fingerprint density at radius 3 is 1.95 bits per heavy atom. The zero-order chi connectivity index (χ0) is 28.3. The Kier molecular flexibility index (Phi) is 12.5. The number of carbonyl (C=O) groups excluding carboxylic acids is 4. The van der Waals surface area contributed by atoms with Gasteiger partial charge in [0.05, 0.1) is 12.1 Å². The van der Waals surface area contributed by atoms with Crippen LogP contribution in [0.25, 0.3) is 0 Å². The zero-order valence-corrected chi connectivity index (χ0v) is 21.1. The van der Waals surface area contributed by atoms with E-state index in [0.717, 1.165) is 0 Å². The Balaban J connectivity index is 3.20. The number of carboxylic acids is 1. The molecule has 0 fully saturated rings. The van der Waals surface area contributed by atoms with E-state index in [-0.39, 0.29) is 30.9 Å². The van der Waals surface area contributed by atoms with E-state index in [1.165, 1.54) is 31.2 Å². The molecule has 0 saturated carbocycles. The minimum absolute atomic E-state index is 0.0271. The highest BCUT2D eigenvalue weighted by molar-refractivity contribution is 5.94. The number of hydrogen-bond donors (Lipinski definition) is 8. The van der Waals surface area contributed by atoms with E-state index in [4.69, 9.17) is 11.5 Å². The predicted molar refractivity (Wildman–Crippen MR) is 133 cm³/mol. The number of aliphatic hydroxyl groups is 1. The van der Waals surface area contributed by atoms with Gasteiger partial charge in [-0.15, -0.1) is 0 Å². The highest BCUT2D eigenvalue weighted by Gasteiger charge is 2.32. The number of amides is 4. The van der Waals surface area contributed by atoms with Crippen molar-refractivity contribution in [1.29, 1.82) is 0 Å². The number of aliphatic hydroxyl groups excluding tert-OH is 1. The highest BCUT2D eigenvalue weighted by atomic mass is 16.4. The third-order valence-electron chi connectivity index (χ3n) is 5.93. The summed E-state index contributed by atoms with van der Waals surface area (Å²) in [5.41, 5.74) is 11.7. The molecule has 0 spiro atoms. The fraction of sp³-hybridized carbons (Fsp3) is 0.542. The van der Waals surface area contributed by atoms with Crippen molar-refractivity contribution in [2.24, 2.45) is 17.4 Å². The average molecular weight is 524 g/mol. The van der Waals surface area contributed by atoms with E-state index >= 15 is 0 Å². The van der Waals surface area contributed by atoms with Crippen molar-refractivity contribution >= 4 is 29.6 Å². The molecule has 0 radical (unpaired) electrons. The van der Waals surface area contributed by atoms with Crippen LogP contribution in [0.5, 0.6) is 5.75 Å². The van der Waals surface area contributed by atoms with Gasteiger partial charge in [-0.2, -0.15) is 0 Å². The van der Waals surface area contributed by atoms with Gasteiger partial charge in [0.1, 0.15) is 17.8 Å². The van der Waals surface area contributed by atoms with E-state index in [1.807, 2.05) is 6.92 Å². The quantitative estimate of drug-likeness (QED) is 0.133. The number of aromatic hydroxyl groups is 1. The SMILES string of the molecule is CCC(C)C(N)C(=O)NC(CCC(N)=O)C(=O)NC(Cc1ccc(O)cc1)C(=O)NC(C(=O)O)C(C)O. The molecule has 0 aliphatic carbocycles. The summed E-state index contributed by atoms with van der Waals surface area (Å²) in [5.74, 6) is -4.78. The molecule has 13 heteroatoms. The fourth-order valence-electron chi connectivity index (χ4n) is 3.33. The molecule has 0 bridgehead atoms. The average Bonchev–Trinajstić information content (AvgIpc) is 2.83. The first kappa shape index (κ1) is 31.3. The van der Waals surface area contributed by atoms with Crippen LogP contribution in [0.1, 0.15) is 45.6 Å². The number of primary amides is 1. The zero-order valence-electron chi connectivity index (χ0n) is 21.1. The van der Waals surface area contributed by atoms with E-state index in [2.05, 4.69) is 16.0 Å². The van der Waals surface area contributed by atoms with Gasteiger partial charge in [0, 0.05) is 12.8 Å². The lowest BCUT2D eigenvalue weighted by atomic mass is 9.98. The maximum absolute atomic E-state index is 13.2. The second-order valence-electron chi connectivity index (χ2n) is 8.97. The number of phenols is 1. The number of carbonyl (C=O) groups is 5. The number of carboxylic acid groups (broad SMARTS) is 1. The van der Waals surface area contributed by atoms with Gasteiger partial charge in [0.15, 0.2) is 6.04 Å². The molecule has 6 atom stereocenters. The van der Waals surface area contributed by atoms with Crippen molar-refractivity contribution in [3.8, 4) is 5.75 Å². The number of phenolic OH excluding ortho intramolecular Hbond substituents is 1. The second kappa shape index (κ2) is 14.8. The summed E-state index contributed by atoms with van der Waals surface area (Å²) in [6.07, 6.45) is -1.35. The lowest BCUT2D eigenvalue weighted by Gasteiger charge is -2.26. The van der Waals surface area contributed by atoms with Crippen molar-refractivity contribution in [3.63, 3.8) is 0 Å². The topological polar surface area (TPSA) is 234 Å². The molecule has 4 amide bonds. The molecule has 1 aromatic rings. The molecular formula is C24H37N5O8. The first-order valence-corrected chi connectivity index (χ1v) is 11.9. The molecule has 13 nitrogen and oxygen atoms in total. The number of nitrogens with two attached hydrogens (primary N) is 2. The van der Waals surface area contributed by atoms with E-state index in [1.54, 1.807) is 6.92 Å². The van der Waals surface area contributed by atoms with E-state index in [9.17, 15) is 39.3 Å². The summed E-state index contributed by atoms with van der Waals surface area (Å²) in [5, 5.41) is 35.7. The normalized spacial score (nSPS) is 15.8. The fourth-order valence-corrected chi connectivity index (χ4v) is 3.33. The number of nitrogens with one attached hydrogen (secondary N) is 3. The second-order valence-corrected chi connectivity index (χ2v) is 8.97. The number of benzene rings is 1. The van der Waals surface area contributed by atoms with Crippen LogP contribution in [0.15, 0.2) is 24.3 Å². The lowest BCUT2D eigenvalue weighted by molar-refractivity contribution is -0.145. The van der Waals surface area contributed by atoms with Crippen LogP contribution in [0, 0.1) is 5.92 Å². The molecule has 1 rings (SSSR count). The van der Waals surface area contributed by atoms with Gasteiger partial charge >= 0.3 is 5.97 Å². The number of aliphatic carboxylic acids is 1. The Morgan fingerprint density at radius 2 is 1.46 bits per heavy atom. The molecule has 0 aliphatic rings. The van der Waals surface area contributed by atoms with E-state index < -0.39 is 59.9 Å². The summed E-state index contributed by atoms with van der Waals surface area (Å²) < 4.78 is 0. The maximum atomic E-state index is 13.2. The van der Waals surface area contributed by atoms with Gasteiger partial charge in [-0.3, -0.25) is 19.2 Å².